The molecule has 1 fully saturated rings. The molecular formula is C24H28N6O. The normalized spacial score (nSPS) is 24.6. The summed E-state index contributed by atoms with van der Waals surface area (Å²) >= 11 is 0. The second-order valence-electron chi connectivity index (χ2n) is 9.64. The number of nitrogens with two attached hydrogens (primary N) is 1. The van der Waals surface area contributed by atoms with Crippen LogP contribution in [0, 0.1) is 17.8 Å². The fourth-order valence-corrected chi connectivity index (χ4v) is 4.86. The number of hydrogen-bond acceptors (Lipinski definition) is 5. The van der Waals surface area contributed by atoms with Crippen molar-refractivity contribution in [1.82, 2.24) is 15.0 Å². The van der Waals surface area contributed by atoms with Crippen LogP contribution in [-0.2, 0) is 10.2 Å². The quantitative estimate of drug-likeness (QED) is 0.470. The third kappa shape index (κ3) is 3.54. The molecule has 4 atom stereocenters. The Morgan fingerprint density at radius 1 is 1.13 bits per heavy atom. The highest BCUT2D eigenvalue weighted by atomic mass is 16.1. The number of carbonyl (C=O) groups is 1. The van der Waals surface area contributed by atoms with Gasteiger partial charge in [-0.15, -0.1) is 0 Å². The number of nitrogens with zero attached hydrogens (tertiary/aromatic N) is 2. The van der Waals surface area contributed by atoms with E-state index in [2.05, 4.69) is 77.8 Å². The smallest absolute Gasteiger partial charge is 0.223 e. The number of aromatic amines is 1. The molecule has 0 saturated heterocycles. The lowest BCUT2D eigenvalue weighted by Gasteiger charge is -2.28. The van der Waals surface area contributed by atoms with Crippen molar-refractivity contribution in [1.29, 1.82) is 0 Å². The fourth-order valence-electron chi connectivity index (χ4n) is 4.86. The predicted octanol–water partition coefficient (Wildman–Crippen LogP) is 4.04. The molecule has 7 nitrogen and oxygen atoms in total. The Hall–Kier alpha value is -3.35. The zero-order chi connectivity index (χ0) is 21.8. The van der Waals surface area contributed by atoms with Crippen LogP contribution in [0.25, 0.3) is 11.4 Å². The maximum Gasteiger partial charge on any atom is 0.223 e. The van der Waals surface area contributed by atoms with Crippen molar-refractivity contribution < 1.29 is 4.79 Å². The number of rotatable bonds is 5. The van der Waals surface area contributed by atoms with Gasteiger partial charge in [-0.3, -0.25) is 4.79 Å². The van der Waals surface area contributed by atoms with Crippen LogP contribution in [0.3, 0.4) is 0 Å². The van der Waals surface area contributed by atoms with Gasteiger partial charge in [0, 0.05) is 17.9 Å². The van der Waals surface area contributed by atoms with Gasteiger partial charge in [0.1, 0.15) is 11.6 Å². The fraction of sp³-hybridized carbons (Fsp3) is 0.375. The molecule has 2 aliphatic carbocycles. The number of carbonyl (C=O) groups excluding carboxylic acids is 1. The standard InChI is InChI=1S/C24H28N6O/c1-24(2,3)15-6-8-16(9-7-15)27-23-29-21-17(10-11-26-21)22(30-23)28-19-14-5-4-13(12-14)18(19)20(25)31/h4-11,13-14,18-19H,12H2,1-3H3,(H2,25,31)(H3,26,27,28,29,30). The summed E-state index contributed by atoms with van der Waals surface area (Å²) in [7, 11) is 0. The molecule has 2 bridgehead atoms. The molecule has 1 aromatic carbocycles. The number of primary amides is 1. The average Bonchev–Trinajstić information content (AvgIpc) is 3.43. The van der Waals surface area contributed by atoms with Crippen molar-refractivity contribution in [3.63, 3.8) is 0 Å². The summed E-state index contributed by atoms with van der Waals surface area (Å²) in [6, 6.07) is 10.2. The molecule has 0 spiro atoms. The first-order valence-corrected chi connectivity index (χ1v) is 10.8. The maximum atomic E-state index is 12.1. The molecule has 0 aromatic heterocycles. The third-order valence-corrected chi connectivity index (χ3v) is 6.52. The number of aromatic nitrogens is 3. The molecule has 7 heteroatoms. The van der Waals surface area contributed by atoms with Crippen LogP contribution < -0.4 is 16.4 Å². The SMILES string of the molecule is CC(C)(C)c1ccc(Nc2nc(NC3C4C=CC(C4)C3C(N)=O)c3ccnc-3[nH]2)cc1. The van der Waals surface area contributed by atoms with E-state index >= 15 is 0 Å². The van der Waals surface area contributed by atoms with Crippen LogP contribution in [0.1, 0.15) is 32.8 Å². The van der Waals surface area contributed by atoms with E-state index in [1.54, 1.807) is 6.20 Å². The Bertz CT molecular complexity index is 1110. The molecule has 5 N–H and O–H groups in total. The number of nitrogens with one attached hydrogen (secondary N) is 3. The molecule has 2 heterocycles. The van der Waals surface area contributed by atoms with Crippen molar-refractivity contribution in [2.75, 3.05) is 10.6 Å². The number of amides is 1. The summed E-state index contributed by atoms with van der Waals surface area (Å²) in [6.07, 6.45) is 7.02. The summed E-state index contributed by atoms with van der Waals surface area (Å²) in [4.78, 5) is 24.6. The third-order valence-electron chi connectivity index (χ3n) is 6.52. The van der Waals surface area contributed by atoms with E-state index in [9.17, 15) is 4.79 Å². The van der Waals surface area contributed by atoms with Gasteiger partial charge in [0.2, 0.25) is 11.9 Å². The number of fused-ring (bicyclic) bond motifs is 3. The Morgan fingerprint density at radius 3 is 2.58 bits per heavy atom. The molecule has 0 radical (unpaired) electrons. The van der Waals surface area contributed by atoms with Crippen molar-refractivity contribution in [2.24, 2.45) is 23.5 Å². The Morgan fingerprint density at radius 2 is 1.87 bits per heavy atom. The molecule has 4 unspecified atom stereocenters. The van der Waals surface area contributed by atoms with Crippen LogP contribution in [0.5, 0.6) is 0 Å². The van der Waals surface area contributed by atoms with Crippen LogP contribution >= 0.6 is 0 Å². The maximum absolute atomic E-state index is 12.1. The van der Waals surface area contributed by atoms with Crippen molar-refractivity contribution in [2.45, 2.75) is 38.6 Å². The zero-order valence-electron chi connectivity index (χ0n) is 18.0. The molecule has 31 heavy (non-hydrogen) atoms. The van der Waals surface area contributed by atoms with Crippen molar-refractivity contribution >= 4 is 23.4 Å². The molecule has 4 aliphatic rings. The van der Waals surface area contributed by atoms with Gasteiger partial charge in [-0.1, -0.05) is 45.1 Å². The largest absolute Gasteiger partial charge is 0.369 e. The average molecular weight is 417 g/mol. The van der Waals surface area contributed by atoms with Gasteiger partial charge < -0.3 is 21.4 Å². The van der Waals surface area contributed by atoms with Gasteiger partial charge in [-0.2, -0.15) is 4.98 Å². The van der Waals surface area contributed by atoms with Crippen molar-refractivity contribution in [3.8, 4) is 11.4 Å². The number of hydrogen-bond donors (Lipinski definition) is 4. The van der Waals surface area contributed by atoms with E-state index in [1.807, 2.05) is 6.07 Å². The highest BCUT2D eigenvalue weighted by Crippen LogP contribution is 2.45. The first kappa shape index (κ1) is 19.6. The number of benzene rings is 1. The molecule has 1 saturated carbocycles. The lowest BCUT2D eigenvalue weighted by atomic mass is 9.87. The van der Waals surface area contributed by atoms with Crippen LogP contribution in [0.2, 0.25) is 0 Å². The zero-order valence-corrected chi connectivity index (χ0v) is 18.0. The minimum atomic E-state index is -0.258. The van der Waals surface area contributed by atoms with Gasteiger partial charge in [-0.25, -0.2) is 4.98 Å². The second-order valence-corrected chi connectivity index (χ2v) is 9.64. The minimum Gasteiger partial charge on any atom is -0.369 e. The number of allylic oxidation sites excluding steroid dienone is 1. The Kier molecular flexibility index (Phi) is 4.50. The lowest BCUT2D eigenvalue weighted by Crippen LogP contribution is -2.41. The van der Waals surface area contributed by atoms with Crippen LogP contribution in [0.15, 0.2) is 48.7 Å². The van der Waals surface area contributed by atoms with E-state index < -0.39 is 0 Å². The molecule has 1 aromatic rings. The van der Waals surface area contributed by atoms with E-state index in [0.717, 1.165) is 23.5 Å². The van der Waals surface area contributed by atoms with Crippen molar-refractivity contribution in [3.05, 3.63) is 54.2 Å². The first-order chi connectivity index (χ1) is 14.8. The number of H-pyrrole nitrogens is 1. The number of anilines is 3. The summed E-state index contributed by atoms with van der Waals surface area (Å²) in [6.45, 7) is 6.59. The summed E-state index contributed by atoms with van der Waals surface area (Å²) in [5, 5.41) is 6.87. The Labute approximate surface area is 181 Å². The minimum absolute atomic E-state index is 0.0561. The summed E-state index contributed by atoms with van der Waals surface area (Å²) in [5.74, 6) is 2.05. The molecule has 5 rings (SSSR count). The topological polar surface area (TPSA) is 109 Å². The van der Waals surface area contributed by atoms with Gasteiger partial charge in [0.05, 0.1) is 11.5 Å². The summed E-state index contributed by atoms with van der Waals surface area (Å²) in [5.41, 5.74) is 8.93. The lowest BCUT2D eigenvalue weighted by molar-refractivity contribution is -0.122. The van der Waals surface area contributed by atoms with Gasteiger partial charge >= 0.3 is 0 Å². The first-order valence-electron chi connectivity index (χ1n) is 10.8. The second kappa shape index (κ2) is 7.11. The molecule has 2 aliphatic heterocycles. The van der Waals surface area contributed by atoms with Crippen LogP contribution in [-0.4, -0.2) is 26.9 Å². The highest BCUT2D eigenvalue weighted by Gasteiger charge is 2.47. The van der Waals surface area contributed by atoms with Gasteiger partial charge in [-0.05, 0) is 47.4 Å². The molecule has 160 valence electrons. The van der Waals surface area contributed by atoms with Gasteiger partial charge in [0.15, 0.2) is 0 Å². The van der Waals surface area contributed by atoms with E-state index in [1.165, 1.54) is 5.56 Å². The van der Waals surface area contributed by atoms with E-state index in [0.29, 0.717) is 11.8 Å². The molecule has 1 amide bonds. The highest BCUT2D eigenvalue weighted by molar-refractivity contribution is 5.81. The monoisotopic (exact) mass is 416 g/mol. The predicted molar refractivity (Wildman–Crippen MR) is 122 cm³/mol. The Balaban J connectivity index is 1.43. The van der Waals surface area contributed by atoms with E-state index in [4.69, 9.17) is 10.7 Å². The van der Waals surface area contributed by atoms with Gasteiger partial charge in [0.25, 0.3) is 0 Å². The molecular weight excluding hydrogens is 388 g/mol. The van der Waals surface area contributed by atoms with E-state index in [-0.39, 0.29) is 35.1 Å². The van der Waals surface area contributed by atoms with Crippen LogP contribution in [0.4, 0.5) is 17.5 Å². The summed E-state index contributed by atoms with van der Waals surface area (Å²) < 4.78 is 0.